The third kappa shape index (κ3) is 5.12. The molecule has 0 saturated heterocycles. The fourth-order valence-corrected chi connectivity index (χ4v) is 3.40. The van der Waals surface area contributed by atoms with E-state index in [1.54, 1.807) is 18.2 Å². The van der Waals surface area contributed by atoms with Gasteiger partial charge in [0.25, 0.3) is 0 Å². The van der Waals surface area contributed by atoms with E-state index < -0.39 is 0 Å². The maximum absolute atomic E-state index is 12.1. The molecule has 0 fully saturated rings. The van der Waals surface area contributed by atoms with Gasteiger partial charge in [-0.1, -0.05) is 48.8 Å². The molecule has 0 radical (unpaired) electrons. The lowest BCUT2D eigenvalue weighted by Gasteiger charge is -2.08. The number of halogens is 2. The highest BCUT2D eigenvalue weighted by atomic mass is 35.5. The number of nitrogens with one attached hydrogen (secondary N) is 1. The second kappa shape index (κ2) is 8.57. The van der Waals surface area contributed by atoms with Crippen LogP contribution in [0.1, 0.15) is 26.1 Å². The van der Waals surface area contributed by atoms with Crippen LogP contribution in [-0.4, -0.2) is 26.4 Å². The van der Waals surface area contributed by atoms with E-state index in [1.807, 2.05) is 6.92 Å². The van der Waals surface area contributed by atoms with E-state index in [-0.39, 0.29) is 11.7 Å². The van der Waals surface area contributed by atoms with Gasteiger partial charge in [0.05, 0.1) is 5.75 Å². The van der Waals surface area contributed by atoms with E-state index in [9.17, 15) is 4.79 Å². The van der Waals surface area contributed by atoms with Crippen LogP contribution in [0.3, 0.4) is 0 Å². The van der Waals surface area contributed by atoms with Crippen molar-refractivity contribution in [2.75, 3.05) is 11.1 Å². The first kappa shape index (κ1) is 18.1. The summed E-state index contributed by atoms with van der Waals surface area (Å²) < 4.78 is 2.06. The number of rotatable bonds is 7. The number of carbonyl (C=O) groups excluding carboxylic acids is 1. The topological polar surface area (TPSA) is 59.8 Å². The number of aromatic nitrogens is 3. The molecule has 0 aliphatic rings. The minimum Gasteiger partial charge on any atom is -0.325 e. The predicted molar refractivity (Wildman–Crippen MR) is 95.5 cm³/mol. The zero-order valence-corrected chi connectivity index (χ0v) is 15.3. The van der Waals surface area contributed by atoms with Crippen LogP contribution in [0.15, 0.2) is 23.4 Å². The summed E-state index contributed by atoms with van der Waals surface area (Å²) in [5, 5.41) is 12.8. The Kier molecular flexibility index (Phi) is 6.74. The molecule has 2 aromatic rings. The Balaban J connectivity index is 1.98. The van der Waals surface area contributed by atoms with Gasteiger partial charge >= 0.3 is 0 Å². The summed E-state index contributed by atoms with van der Waals surface area (Å²) >= 11 is 13.2. The van der Waals surface area contributed by atoms with E-state index in [0.717, 1.165) is 30.4 Å². The summed E-state index contributed by atoms with van der Waals surface area (Å²) in [4.78, 5) is 12.1. The maximum atomic E-state index is 12.1. The Hall–Kier alpha value is -1.24. The SMILES string of the molecule is CCCn1c(CC)nnc1SCC(=O)Nc1cc(Cl)cc(Cl)c1. The van der Waals surface area contributed by atoms with Gasteiger partial charge in [-0.2, -0.15) is 0 Å². The van der Waals surface area contributed by atoms with Gasteiger partial charge in [-0.15, -0.1) is 10.2 Å². The Morgan fingerprint density at radius 3 is 2.52 bits per heavy atom. The van der Waals surface area contributed by atoms with Crippen molar-refractivity contribution in [3.63, 3.8) is 0 Å². The second-order valence-corrected chi connectivity index (χ2v) is 6.71. The monoisotopic (exact) mass is 372 g/mol. The van der Waals surface area contributed by atoms with Gasteiger partial charge in [-0.3, -0.25) is 4.79 Å². The van der Waals surface area contributed by atoms with E-state index in [0.29, 0.717) is 15.7 Å². The van der Waals surface area contributed by atoms with Crippen molar-refractivity contribution in [1.82, 2.24) is 14.8 Å². The van der Waals surface area contributed by atoms with Crippen LogP contribution in [-0.2, 0) is 17.8 Å². The molecule has 23 heavy (non-hydrogen) atoms. The molecule has 2 rings (SSSR count). The second-order valence-electron chi connectivity index (χ2n) is 4.90. The molecule has 0 atom stereocenters. The van der Waals surface area contributed by atoms with Gasteiger partial charge in [-0.05, 0) is 24.6 Å². The average molecular weight is 373 g/mol. The van der Waals surface area contributed by atoms with Gasteiger partial charge in [0.2, 0.25) is 5.91 Å². The highest BCUT2D eigenvalue weighted by Crippen LogP contribution is 2.23. The molecule has 0 aliphatic carbocycles. The van der Waals surface area contributed by atoms with Crippen LogP contribution >= 0.6 is 35.0 Å². The molecule has 8 heteroatoms. The Morgan fingerprint density at radius 2 is 1.91 bits per heavy atom. The number of carbonyl (C=O) groups is 1. The van der Waals surface area contributed by atoms with Crippen molar-refractivity contribution in [3.8, 4) is 0 Å². The van der Waals surface area contributed by atoms with Crippen molar-refractivity contribution in [1.29, 1.82) is 0 Å². The quantitative estimate of drug-likeness (QED) is 0.736. The number of nitrogens with zero attached hydrogens (tertiary/aromatic N) is 3. The van der Waals surface area contributed by atoms with Gasteiger partial charge in [0, 0.05) is 28.7 Å². The molecule has 1 aromatic heterocycles. The first-order chi connectivity index (χ1) is 11.0. The van der Waals surface area contributed by atoms with Crippen molar-refractivity contribution in [2.45, 2.75) is 38.4 Å². The summed E-state index contributed by atoms with van der Waals surface area (Å²) in [6.45, 7) is 4.99. The summed E-state index contributed by atoms with van der Waals surface area (Å²) in [6, 6.07) is 4.93. The van der Waals surface area contributed by atoms with E-state index in [2.05, 4.69) is 27.0 Å². The average Bonchev–Trinajstić information content (AvgIpc) is 2.86. The summed E-state index contributed by atoms with van der Waals surface area (Å²) in [6.07, 6.45) is 1.81. The standard InChI is InChI=1S/C15H18Cl2N4OS/c1-3-5-21-13(4-2)19-20-15(21)23-9-14(22)18-12-7-10(16)6-11(17)8-12/h6-8H,3-5,9H2,1-2H3,(H,18,22). The molecule has 5 nitrogen and oxygen atoms in total. The molecule has 124 valence electrons. The van der Waals surface area contributed by atoms with Crippen LogP contribution in [0.25, 0.3) is 0 Å². The smallest absolute Gasteiger partial charge is 0.234 e. The molecule has 1 amide bonds. The molecule has 1 aromatic carbocycles. The maximum Gasteiger partial charge on any atom is 0.234 e. The van der Waals surface area contributed by atoms with Crippen LogP contribution in [0.4, 0.5) is 5.69 Å². The highest BCUT2D eigenvalue weighted by molar-refractivity contribution is 7.99. The lowest BCUT2D eigenvalue weighted by Crippen LogP contribution is -2.15. The molecule has 0 aliphatic heterocycles. The van der Waals surface area contributed by atoms with Gasteiger partial charge in [0.1, 0.15) is 5.82 Å². The number of anilines is 1. The first-order valence-electron chi connectivity index (χ1n) is 7.34. The van der Waals surface area contributed by atoms with Crippen molar-refractivity contribution in [2.24, 2.45) is 0 Å². The van der Waals surface area contributed by atoms with Crippen LogP contribution in [0.5, 0.6) is 0 Å². The number of benzene rings is 1. The fourth-order valence-electron chi connectivity index (χ4n) is 2.09. The number of aryl methyl sites for hydroxylation is 1. The third-order valence-electron chi connectivity index (χ3n) is 3.04. The Morgan fingerprint density at radius 1 is 1.22 bits per heavy atom. The molecule has 1 N–H and O–H groups in total. The summed E-state index contributed by atoms with van der Waals surface area (Å²) in [5.74, 6) is 1.05. The van der Waals surface area contributed by atoms with Gasteiger partial charge < -0.3 is 9.88 Å². The lowest BCUT2D eigenvalue weighted by atomic mass is 10.3. The minimum atomic E-state index is -0.141. The Bertz CT molecular complexity index is 670. The van der Waals surface area contributed by atoms with Crippen LogP contribution in [0, 0.1) is 0 Å². The molecular weight excluding hydrogens is 355 g/mol. The minimum absolute atomic E-state index is 0.141. The predicted octanol–water partition coefficient (Wildman–Crippen LogP) is 4.29. The van der Waals surface area contributed by atoms with E-state index >= 15 is 0 Å². The van der Waals surface area contributed by atoms with Crippen molar-refractivity contribution in [3.05, 3.63) is 34.1 Å². The zero-order chi connectivity index (χ0) is 16.8. The summed E-state index contributed by atoms with van der Waals surface area (Å²) in [5.41, 5.74) is 0.581. The molecule has 0 unspecified atom stereocenters. The zero-order valence-electron chi connectivity index (χ0n) is 13.0. The first-order valence-corrected chi connectivity index (χ1v) is 9.08. The normalized spacial score (nSPS) is 10.8. The Labute approximate surface area is 149 Å². The molecule has 0 saturated carbocycles. The summed E-state index contributed by atoms with van der Waals surface area (Å²) in [7, 11) is 0. The fraction of sp³-hybridized carbons (Fsp3) is 0.400. The number of hydrogen-bond acceptors (Lipinski definition) is 4. The molecule has 0 bridgehead atoms. The molecule has 1 heterocycles. The van der Waals surface area contributed by atoms with E-state index in [1.165, 1.54) is 11.8 Å². The van der Waals surface area contributed by atoms with Crippen molar-refractivity contribution >= 4 is 46.6 Å². The van der Waals surface area contributed by atoms with E-state index in [4.69, 9.17) is 23.2 Å². The lowest BCUT2D eigenvalue weighted by molar-refractivity contribution is -0.113. The van der Waals surface area contributed by atoms with Gasteiger partial charge in [-0.25, -0.2) is 0 Å². The molecular formula is C15H18Cl2N4OS. The van der Waals surface area contributed by atoms with Crippen molar-refractivity contribution < 1.29 is 4.79 Å². The largest absolute Gasteiger partial charge is 0.325 e. The van der Waals surface area contributed by atoms with Gasteiger partial charge in [0.15, 0.2) is 5.16 Å². The number of hydrogen-bond donors (Lipinski definition) is 1. The third-order valence-corrected chi connectivity index (χ3v) is 4.44. The number of amides is 1. The highest BCUT2D eigenvalue weighted by Gasteiger charge is 2.13. The van der Waals surface area contributed by atoms with Crippen LogP contribution in [0.2, 0.25) is 10.0 Å². The number of thioether (sulfide) groups is 1. The van der Waals surface area contributed by atoms with Crippen LogP contribution < -0.4 is 5.32 Å². The molecule has 0 spiro atoms.